The van der Waals surface area contributed by atoms with Gasteiger partial charge in [-0.2, -0.15) is 0 Å². The maximum absolute atomic E-state index is 13.2. The summed E-state index contributed by atoms with van der Waals surface area (Å²) in [5, 5.41) is 33.1. The molecule has 0 aliphatic rings. The molecule has 49 heavy (non-hydrogen) atoms. The van der Waals surface area contributed by atoms with Crippen LogP contribution in [0.25, 0.3) is 0 Å². The fourth-order valence-electron chi connectivity index (χ4n) is 4.30. The second kappa shape index (κ2) is 19.5. The first-order valence-electron chi connectivity index (χ1n) is 15.6. The Morgan fingerprint density at radius 3 is 1.61 bits per heavy atom. The highest BCUT2D eigenvalue weighted by Gasteiger charge is 2.34. The number of carboxylic acids is 1. The first-order valence-corrected chi connectivity index (χ1v) is 15.6. The van der Waals surface area contributed by atoms with E-state index in [0.717, 1.165) is 0 Å². The first kappa shape index (κ1) is 41.8. The molecule has 0 fully saturated rings. The summed E-state index contributed by atoms with van der Waals surface area (Å²) in [5.74, 6) is -8.04. The summed E-state index contributed by atoms with van der Waals surface area (Å²) in [6.07, 6.45) is -0.754. The number of carbonyl (C=O) groups excluding carboxylic acids is 7. The lowest BCUT2D eigenvalue weighted by molar-refractivity contribution is -0.141. The lowest BCUT2D eigenvalue weighted by Crippen LogP contribution is -2.60. The Labute approximate surface area is 283 Å². The molecule has 12 N–H and O–H groups in total. The molecule has 272 valence electrons. The van der Waals surface area contributed by atoms with Crippen LogP contribution in [0.2, 0.25) is 0 Å². The largest absolute Gasteiger partial charge is 0.508 e. The molecule has 0 aliphatic carbocycles. The van der Waals surface area contributed by atoms with Crippen molar-refractivity contribution in [2.45, 2.75) is 90.6 Å². The second-order valence-corrected chi connectivity index (χ2v) is 12.2. The van der Waals surface area contributed by atoms with Gasteiger partial charge in [0.25, 0.3) is 0 Å². The summed E-state index contributed by atoms with van der Waals surface area (Å²) in [5.41, 5.74) is 11.7. The zero-order chi connectivity index (χ0) is 37.6. The van der Waals surface area contributed by atoms with Crippen molar-refractivity contribution in [3.8, 4) is 5.75 Å². The number of hydrogen-bond donors (Lipinski definition) is 10. The van der Waals surface area contributed by atoms with Gasteiger partial charge < -0.3 is 53.6 Å². The van der Waals surface area contributed by atoms with Crippen molar-refractivity contribution in [3.63, 3.8) is 0 Å². The number of hydrogen-bond acceptors (Lipinski definition) is 10. The van der Waals surface area contributed by atoms with E-state index in [0.29, 0.717) is 5.56 Å². The van der Waals surface area contributed by atoms with E-state index in [1.807, 2.05) is 0 Å². The summed E-state index contributed by atoms with van der Waals surface area (Å²) in [7, 11) is 0. The topological polar surface area (TPSA) is 301 Å². The Bertz CT molecular complexity index is 1370. The van der Waals surface area contributed by atoms with E-state index in [9.17, 15) is 48.6 Å². The number of primary amides is 1. The molecule has 7 amide bonds. The minimum Gasteiger partial charge on any atom is -0.508 e. The molecule has 1 aromatic rings. The Morgan fingerprint density at radius 1 is 0.653 bits per heavy atom. The van der Waals surface area contributed by atoms with Gasteiger partial charge in [0.1, 0.15) is 36.0 Å². The average molecular weight is 693 g/mol. The number of phenolic OH excluding ortho intramolecular Hbond substituents is 1. The molecule has 0 heterocycles. The van der Waals surface area contributed by atoms with Crippen molar-refractivity contribution < 1.29 is 48.6 Å². The van der Waals surface area contributed by atoms with Crippen LogP contribution in [0, 0.1) is 11.8 Å². The molecule has 18 nitrogen and oxygen atoms in total. The number of rotatable bonds is 19. The van der Waals surface area contributed by atoms with Crippen LogP contribution in [0.1, 0.15) is 53.5 Å². The predicted octanol–water partition coefficient (Wildman–Crippen LogP) is -2.89. The Hall–Kier alpha value is -5.26. The zero-order valence-corrected chi connectivity index (χ0v) is 28.4. The molecule has 0 bridgehead atoms. The highest BCUT2D eigenvalue weighted by Crippen LogP contribution is 2.11. The van der Waals surface area contributed by atoms with Gasteiger partial charge >= 0.3 is 5.97 Å². The van der Waals surface area contributed by atoms with E-state index in [2.05, 4.69) is 31.9 Å². The molecule has 1 aromatic carbocycles. The summed E-state index contributed by atoms with van der Waals surface area (Å²) in [6.45, 7) is 8.62. The summed E-state index contributed by atoms with van der Waals surface area (Å²) in [6, 6.07) is -1.44. The van der Waals surface area contributed by atoms with Crippen molar-refractivity contribution in [1.29, 1.82) is 0 Å². The molecule has 0 spiro atoms. The van der Waals surface area contributed by atoms with Gasteiger partial charge in [-0.05, 0) is 49.8 Å². The minimum absolute atomic E-state index is 0.0465. The maximum Gasteiger partial charge on any atom is 0.305 e. The number of aromatic hydroxyl groups is 1. The fraction of sp³-hybridized carbons (Fsp3) is 0.548. The summed E-state index contributed by atoms with van der Waals surface area (Å²) < 4.78 is 0. The van der Waals surface area contributed by atoms with Gasteiger partial charge in [-0.1, -0.05) is 39.8 Å². The van der Waals surface area contributed by atoms with Gasteiger partial charge in [-0.15, -0.1) is 0 Å². The molecule has 18 heteroatoms. The van der Waals surface area contributed by atoms with Gasteiger partial charge in [0.2, 0.25) is 41.4 Å². The summed E-state index contributed by atoms with van der Waals surface area (Å²) in [4.78, 5) is 99.7. The number of carboxylic acid groups (broad SMARTS) is 1. The predicted molar refractivity (Wildman–Crippen MR) is 175 cm³/mol. The number of amides is 7. The van der Waals surface area contributed by atoms with E-state index >= 15 is 0 Å². The van der Waals surface area contributed by atoms with E-state index in [1.165, 1.54) is 26.0 Å². The third kappa shape index (κ3) is 14.6. The van der Waals surface area contributed by atoms with E-state index in [1.54, 1.807) is 39.8 Å². The van der Waals surface area contributed by atoms with Crippen molar-refractivity contribution in [1.82, 2.24) is 31.9 Å². The van der Waals surface area contributed by atoms with Gasteiger partial charge in [-0.25, -0.2) is 0 Å². The van der Waals surface area contributed by atoms with Crippen molar-refractivity contribution in [3.05, 3.63) is 29.8 Å². The van der Waals surface area contributed by atoms with E-state index < -0.39 is 108 Å². The molecule has 0 aliphatic heterocycles. The third-order valence-electron chi connectivity index (χ3n) is 7.18. The highest BCUT2D eigenvalue weighted by molar-refractivity contribution is 5.97. The molecule has 0 saturated carbocycles. The van der Waals surface area contributed by atoms with Crippen LogP contribution in [0.4, 0.5) is 0 Å². The van der Waals surface area contributed by atoms with Gasteiger partial charge in [0.05, 0.1) is 19.0 Å². The van der Waals surface area contributed by atoms with Gasteiger partial charge in [-0.3, -0.25) is 38.4 Å². The third-order valence-corrected chi connectivity index (χ3v) is 7.18. The van der Waals surface area contributed by atoms with E-state index in [-0.39, 0.29) is 12.2 Å². The number of aliphatic carboxylic acids is 1. The number of nitrogens with one attached hydrogen (secondary N) is 6. The fourth-order valence-corrected chi connectivity index (χ4v) is 4.30. The van der Waals surface area contributed by atoms with Crippen molar-refractivity contribution in [2.75, 3.05) is 6.54 Å². The molecule has 0 saturated heterocycles. The molecule has 0 unspecified atom stereocenters. The number of carbonyl (C=O) groups is 8. The van der Waals surface area contributed by atoms with Crippen LogP contribution in [0.3, 0.4) is 0 Å². The van der Waals surface area contributed by atoms with Crippen molar-refractivity contribution >= 4 is 47.3 Å². The average Bonchev–Trinajstić information content (AvgIpc) is 3.00. The van der Waals surface area contributed by atoms with Crippen LogP contribution in [-0.4, -0.2) is 100 Å². The van der Waals surface area contributed by atoms with Gasteiger partial charge in [0.15, 0.2) is 0 Å². The Morgan fingerprint density at radius 2 is 1.12 bits per heavy atom. The van der Waals surface area contributed by atoms with Crippen LogP contribution in [-0.2, 0) is 44.8 Å². The van der Waals surface area contributed by atoms with Crippen LogP contribution in [0.5, 0.6) is 5.75 Å². The highest BCUT2D eigenvalue weighted by atomic mass is 16.4. The minimum atomic E-state index is -1.67. The monoisotopic (exact) mass is 692 g/mol. The summed E-state index contributed by atoms with van der Waals surface area (Å²) >= 11 is 0. The second-order valence-electron chi connectivity index (χ2n) is 12.2. The Kier molecular flexibility index (Phi) is 16.6. The van der Waals surface area contributed by atoms with Gasteiger partial charge in [0, 0.05) is 0 Å². The molecule has 6 atom stereocenters. The van der Waals surface area contributed by atoms with Crippen LogP contribution in [0.15, 0.2) is 24.3 Å². The van der Waals surface area contributed by atoms with Crippen LogP contribution >= 0.6 is 0 Å². The normalized spacial score (nSPS) is 14.6. The van der Waals surface area contributed by atoms with E-state index in [4.69, 9.17) is 11.5 Å². The number of phenols is 1. The first-order chi connectivity index (χ1) is 22.7. The quantitative estimate of drug-likeness (QED) is 0.0702. The van der Waals surface area contributed by atoms with Crippen LogP contribution < -0.4 is 43.4 Å². The Balaban J connectivity index is 2.89. The lowest BCUT2D eigenvalue weighted by Gasteiger charge is -2.28. The smallest absolute Gasteiger partial charge is 0.305 e. The molecular weight excluding hydrogens is 644 g/mol. The standard InChI is InChI=1S/C31H48N8O10/c1-14(2)24(30(48)34-13-22(33)41)39-31(49)25(15(3)4)38-29(47)21(12-23(42)43)37-27(45)17(6)35-26(44)16(5)36-28(46)20(32)11-18-7-9-19(40)10-8-18/h7-10,14-17,20-21,24-25,40H,11-13,32H2,1-6H3,(H2,33,41)(H,34,48)(H,35,44)(H,36,46)(H,37,45)(H,38,47)(H,39,49)(H,42,43)/t16-,17+,20+,21+,24+,25+/m1/s1. The molecule has 0 aromatic heterocycles. The molecule has 1 rings (SSSR count). The van der Waals surface area contributed by atoms with Crippen molar-refractivity contribution in [2.24, 2.45) is 23.3 Å². The number of nitrogens with two attached hydrogens (primary N) is 2. The molecular formula is C31H48N8O10. The lowest BCUT2D eigenvalue weighted by atomic mass is 9.99. The maximum atomic E-state index is 13.2. The zero-order valence-electron chi connectivity index (χ0n) is 28.4. The SMILES string of the molecule is CC(C)[C@H](NC(=O)[C@H](CC(=O)O)NC(=O)[C@H](C)NC(=O)[C@@H](C)NC(=O)[C@@H](N)Cc1ccc(O)cc1)C(=O)N[C@H](C(=O)NCC(N)=O)C(C)C. The number of benzene rings is 1. The molecule has 0 radical (unpaired) electrons.